The molecule has 1 saturated heterocycles. The minimum Gasteiger partial charge on any atom is -0.481 e. The Hall–Kier alpha value is -10.8. The summed E-state index contributed by atoms with van der Waals surface area (Å²) in [7, 11) is 0. The fraction of sp³-hybridized carbons (Fsp3) is 0.597. The molecule has 3 rings (SSSR count). The largest absolute Gasteiger partial charge is 0.481 e. The Morgan fingerprint density at radius 2 is 0.842 bits per heavy atom. The Morgan fingerprint density at radius 3 is 1.25 bits per heavy atom. The first-order chi connectivity index (χ1) is 54.2. The summed E-state index contributed by atoms with van der Waals surface area (Å²) in [4.78, 5) is 217. The topological polar surface area (TPSA) is 705 Å². The number of amides is 13. The number of nitrogens with two attached hydrogens (primary N) is 8. The Kier molecular flexibility index (Phi) is 44.8. The van der Waals surface area contributed by atoms with Gasteiger partial charge in [-0.2, -0.15) is 11.8 Å². The van der Waals surface area contributed by atoms with Gasteiger partial charge in [0.05, 0.1) is 26.1 Å². The van der Waals surface area contributed by atoms with E-state index in [0.29, 0.717) is 36.1 Å². The van der Waals surface area contributed by atoms with Crippen LogP contribution in [0.2, 0.25) is 0 Å². The number of carboxylic acids is 2. The number of guanidine groups is 2. The number of carboxylic acid groups (broad SMARTS) is 2. The van der Waals surface area contributed by atoms with Crippen molar-refractivity contribution < 1.29 is 92.3 Å². The van der Waals surface area contributed by atoms with Crippen molar-refractivity contribution in [2.24, 2.45) is 61.8 Å². The molecule has 114 heavy (non-hydrogen) atoms. The van der Waals surface area contributed by atoms with Crippen molar-refractivity contribution in [3.63, 3.8) is 0 Å². The first-order valence-electron chi connectivity index (χ1n) is 37.6. The van der Waals surface area contributed by atoms with Crippen LogP contribution in [0.15, 0.2) is 70.6 Å². The van der Waals surface area contributed by atoms with Crippen LogP contribution in [0.25, 0.3) is 0 Å². The Balaban J connectivity index is 2.03. The third kappa shape index (κ3) is 36.3. The molecular weight excluding hydrogens is 1510 g/mol. The normalized spacial score (nSPS) is 15.6. The molecule has 0 aromatic heterocycles. The third-order valence-corrected chi connectivity index (χ3v) is 18.6. The van der Waals surface area contributed by atoms with Gasteiger partial charge >= 0.3 is 11.9 Å². The number of aliphatic carboxylic acids is 2. The van der Waals surface area contributed by atoms with Crippen molar-refractivity contribution in [3.8, 4) is 0 Å². The molecule has 0 spiro atoms. The summed E-state index contributed by atoms with van der Waals surface area (Å²) in [6.07, 6.45) is 0.0633. The number of thioether (sulfide) groups is 1. The van der Waals surface area contributed by atoms with Crippen LogP contribution < -0.4 is 104 Å². The number of nitrogens with one attached hydrogen (secondary N) is 11. The number of primary amides is 1. The quantitative estimate of drug-likeness (QED) is 0.0166. The number of hydrogen-bond donors (Lipinski definition) is 23. The predicted octanol–water partition coefficient (Wildman–Crippen LogP) is -7.29. The van der Waals surface area contributed by atoms with Crippen LogP contribution in [0, 0.1) is 5.92 Å². The summed E-state index contributed by atoms with van der Waals surface area (Å²) < 4.78 is 0. The summed E-state index contributed by atoms with van der Waals surface area (Å²) in [5, 5.41) is 66.8. The van der Waals surface area contributed by atoms with Gasteiger partial charge in [0.25, 0.3) is 0 Å². The lowest BCUT2D eigenvalue weighted by atomic mass is 10.0. The lowest BCUT2D eigenvalue weighted by Crippen LogP contribution is -2.61. The number of unbranched alkanes of at least 4 members (excludes halogenated alkanes) is 2. The molecule has 42 heteroatoms. The molecule has 0 saturated carbocycles. The molecule has 0 radical (unpaired) electrons. The van der Waals surface area contributed by atoms with E-state index in [4.69, 9.17) is 45.9 Å². The molecule has 1 aliphatic heterocycles. The van der Waals surface area contributed by atoms with Crippen molar-refractivity contribution in [3.05, 3.63) is 71.8 Å². The second-order valence-corrected chi connectivity index (χ2v) is 28.7. The van der Waals surface area contributed by atoms with Crippen LogP contribution >= 0.6 is 11.8 Å². The van der Waals surface area contributed by atoms with Gasteiger partial charge in [-0.05, 0) is 132 Å². The van der Waals surface area contributed by atoms with E-state index in [1.165, 1.54) is 16.7 Å². The van der Waals surface area contributed by atoms with E-state index >= 15 is 4.79 Å². The van der Waals surface area contributed by atoms with Crippen LogP contribution in [0.1, 0.15) is 128 Å². The van der Waals surface area contributed by atoms with Gasteiger partial charge in [-0.3, -0.25) is 77.1 Å². The summed E-state index contributed by atoms with van der Waals surface area (Å²) in [5.41, 5.74) is 46.0. The second kappa shape index (κ2) is 52.5. The van der Waals surface area contributed by atoms with Crippen LogP contribution in [0.5, 0.6) is 0 Å². The number of benzene rings is 2. The molecule has 2 aromatic carbocycles. The van der Waals surface area contributed by atoms with Gasteiger partial charge in [0.1, 0.15) is 78.5 Å². The molecule has 2 aromatic rings. The van der Waals surface area contributed by atoms with E-state index in [2.05, 4.69) is 68.5 Å². The lowest BCUT2D eigenvalue weighted by molar-refractivity contribution is -0.143. The summed E-state index contributed by atoms with van der Waals surface area (Å²) in [6.45, 7) is 1.67. The average Bonchev–Trinajstić information content (AvgIpc) is 1.58. The van der Waals surface area contributed by atoms with Gasteiger partial charge in [-0.25, -0.2) is 4.79 Å². The Labute approximate surface area is 664 Å². The molecule has 1 fully saturated rings. The molecule has 0 bridgehead atoms. The zero-order chi connectivity index (χ0) is 85.0. The number of hydrogen-bond acceptors (Lipinski definition) is 23. The smallest absolute Gasteiger partial charge is 0.326 e. The molecule has 634 valence electrons. The minimum absolute atomic E-state index is 0.0195. The summed E-state index contributed by atoms with van der Waals surface area (Å²) >= 11 is 1.38. The van der Waals surface area contributed by atoms with Crippen LogP contribution in [-0.2, 0) is 84.8 Å². The average molecular weight is 1630 g/mol. The fourth-order valence-electron chi connectivity index (χ4n) is 11.9. The SMILES string of the molecule is CSCC[C@H](NC(=O)[C@H](Cc1ccccc1)NC(=O)[C@H](CCCCN)NC(=O)[C@H](Cc1ccccc1)NC(=O)[C@@H]1CCCN1C(=O)[C@H](CCCCN)NC(=O)[C@H](CC(N)=O)NC(=O)[C@H](CCCN=C(N)N)NC(=O)[C@H](CC(=O)O)NC(=O)[C@H](CCCN=C(N)N)NC(=O)[C@H](CO)NC(=O)[C@@H](N)CO)C(=O)N[C@@H](CC(C)C)C(=O)O. The first kappa shape index (κ1) is 97.4. The minimum atomic E-state index is -2.06. The molecular formula is C72H116N22O19S. The van der Waals surface area contributed by atoms with Crippen molar-refractivity contribution in [1.29, 1.82) is 0 Å². The Bertz CT molecular complexity index is 3560. The van der Waals surface area contributed by atoms with Crippen molar-refractivity contribution in [2.45, 2.75) is 208 Å². The predicted molar refractivity (Wildman–Crippen MR) is 420 cm³/mol. The highest BCUT2D eigenvalue weighted by Crippen LogP contribution is 2.22. The zero-order valence-electron chi connectivity index (χ0n) is 64.5. The van der Waals surface area contributed by atoms with E-state index in [-0.39, 0.29) is 134 Å². The standard InChI is InChI=1S/C72H116N22O19S/c1-40(2)33-53(70(112)113)92-62(104)47(26-32-114-3)86-63(105)49(34-41-17-6-4-7-18-41)88-59(101)44(21-10-12-27-73)83-64(106)50(35-42-19-8-5-9-20-42)91-68(110)55-25-16-31-94(55)69(111)48(22-11-13-28-74)87-65(107)51(36-56(76)97)89-60(102)45(23-14-29-81-71(77)78)84-66(108)52(37-57(98)99)90-61(103)46(24-15-30-82-72(79)80)85-67(109)54(39-96)93-58(100)43(75)38-95/h4-9,17-20,40,43-55,95-96H,10-16,21-39,73-75H2,1-3H3,(H2,76,97)(H,83,106)(H,84,108)(H,85,109)(H,86,105)(H,87,107)(H,88,101)(H,89,102)(H,90,103)(H,91,110)(H,92,104)(H,93,100)(H,98,99)(H,112,113)(H4,77,78,81)(H4,79,80,82)/t43-,44-,45-,46-,47-,48-,49-,50-,51-,52-,53-,54-,55-/m0/s1. The van der Waals surface area contributed by atoms with Crippen LogP contribution in [-0.4, -0.2) is 262 Å². The molecule has 1 aliphatic rings. The van der Waals surface area contributed by atoms with E-state index in [1.807, 2.05) is 0 Å². The molecule has 0 aliphatic carbocycles. The fourth-order valence-corrected chi connectivity index (χ4v) is 12.4. The van der Waals surface area contributed by atoms with Crippen LogP contribution in [0.3, 0.4) is 0 Å². The number of nitrogens with zero attached hydrogens (tertiary/aromatic N) is 3. The maximum atomic E-state index is 15.0. The number of carbonyl (C=O) groups is 15. The maximum Gasteiger partial charge on any atom is 0.326 e. The van der Waals surface area contributed by atoms with Gasteiger partial charge in [0.15, 0.2) is 11.9 Å². The van der Waals surface area contributed by atoms with Gasteiger partial charge < -0.3 is 130 Å². The molecule has 13 amide bonds. The molecule has 31 N–H and O–H groups in total. The number of aliphatic hydroxyl groups excluding tert-OH is 2. The van der Waals surface area contributed by atoms with Crippen molar-refractivity contribution in [2.75, 3.05) is 57.9 Å². The molecule has 0 unspecified atom stereocenters. The van der Waals surface area contributed by atoms with E-state index in [1.54, 1.807) is 80.8 Å². The second-order valence-electron chi connectivity index (χ2n) is 27.7. The highest BCUT2D eigenvalue weighted by molar-refractivity contribution is 7.98. The number of carbonyl (C=O) groups excluding carboxylic acids is 13. The van der Waals surface area contributed by atoms with E-state index in [9.17, 15) is 87.5 Å². The van der Waals surface area contributed by atoms with Crippen molar-refractivity contribution in [1.82, 2.24) is 63.4 Å². The van der Waals surface area contributed by atoms with E-state index < -0.39 is 193 Å². The summed E-state index contributed by atoms with van der Waals surface area (Å²) in [6, 6.07) is -3.11. The molecule has 13 atom stereocenters. The van der Waals surface area contributed by atoms with Gasteiger partial charge in [0, 0.05) is 32.5 Å². The monoisotopic (exact) mass is 1620 g/mol. The van der Waals surface area contributed by atoms with Crippen LogP contribution in [0.4, 0.5) is 0 Å². The molecule has 41 nitrogen and oxygen atoms in total. The number of aliphatic imine (C=N–C) groups is 2. The lowest BCUT2D eigenvalue weighted by Gasteiger charge is -2.31. The first-order valence-corrected chi connectivity index (χ1v) is 39.0. The maximum absolute atomic E-state index is 15.0. The Morgan fingerprint density at radius 1 is 0.465 bits per heavy atom. The van der Waals surface area contributed by atoms with E-state index in [0.717, 1.165) is 0 Å². The number of rotatable bonds is 55. The van der Waals surface area contributed by atoms with Gasteiger partial charge in [-0.15, -0.1) is 0 Å². The zero-order valence-corrected chi connectivity index (χ0v) is 65.3. The number of aliphatic hydroxyl groups is 2. The highest BCUT2D eigenvalue weighted by Gasteiger charge is 2.42. The third-order valence-electron chi connectivity index (χ3n) is 17.9. The van der Waals surface area contributed by atoms with Crippen molar-refractivity contribution >= 4 is 112 Å². The van der Waals surface area contributed by atoms with Gasteiger partial charge in [0.2, 0.25) is 76.8 Å². The van der Waals surface area contributed by atoms with Gasteiger partial charge in [-0.1, -0.05) is 74.5 Å². The molecule has 1 heterocycles. The summed E-state index contributed by atoms with van der Waals surface area (Å²) in [5.74, 6) is -16.6. The number of likely N-dealkylation sites (tertiary alicyclic amines) is 1. The highest BCUT2D eigenvalue weighted by atomic mass is 32.2.